The highest BCUT2D eigenvalue weighted by molar-refractivity contribution is 5.67. The summed E-state index contributed by atoms with van der Waals surface area (Å²) in [7, 11) is 0. The molecule has 0 radical (unpaired) electrons. The van der Waals surface area contributed by atoms with Gasteiger partial charge in [0.05, 0.1) is 13.2 Å². The van der Waals surface area contributed by atoms with Crippen molar-refractivity contribution < 1.29 is 14.3 Å². The maximum Gasteiger partial charge on any atom is 0.407 e. The Morgan fingerprint density at radius 1 is 1.41 bits per heavy atom. The van der Waals surface area contributed by atoms with Crippen molar-refractivity contribution in [3.63, 3.8) is 0 Å². The molecule has 1 saturated carbocycles. The monoisotopic (exact) mass is 243 g/mol. The second kappa shape index (κ2) is 7.54. The zero-order valence-electron chi connectivity index (χ0n) is 11.2. The van der Waals surface area contributed by atoms with E-state index in [-0.39, 0.29) is 18.2 Å². The number of nitrogens with one attached hydrogen (secondary N) is 1. The summed E-state index contributed by atoms with van der Waals surface area (Å²) in [5, 5.41) is 2.86. The maximum atomic E-state index is 11.4. The molecule has 1 aliphatic heterocycles. The summed E-state index contributed by atoms with van der Waals surface area (Å²) in [6.45, 7) is 7.28. The molecule has 0 bridgehead atoms. The van der Waals surface area contributed by atoms with E-state index in [2.05, 4.69) is 5.32 Å². The van der Waals surface area contributed by atoms with Crippen LogP contribution in [0.2, 0.25) is 0 Å². The van der Waals surface area contributed by atoms with Gasteiger partial charge in [-0.2, -0.15) is 0 Å². The molecule has 4 heteroatoms. The predicted octanol–water partition coefficient (Wildman–Crippen LogP) is 2.72. The smallest absolute Gasteiger partial charge is 0.407 e. The van der Waals surface area contributed by atoms with Crippen LogP contribution in [0.3, 0.4) is 0 Å². The van der Waals surface area contributed by atoms with Crippen molar-refractivity contribution in [3.05, 3.63) is 0 Å². The normalized spacial score (nSPS) is 24.5. The van der Waals surface area contributed by atoms with Crippen LogP contribution in [-0.2, 0) is 9.47 Å². The van der Waals surface area contributed by atoms with E-state index in [1.54, 1.807) is 0 Å². The average Bonchev–Trinajstić information content (AvgIpc) is 2.95. The number of hydrogen-bond donors (Lipinski definition) is 1. The van der Waals surface area contributed by atoms with E-state index < -0.39 is 0 Å². The number of hydrogen-bond acceptors (Lipinski definition) is 3. The largest absolute Gasteiger partial charge is 0.444 e. The van der Waals surface area contributed by atoms with E-state index in [1.165, 1.54) is 12.8 Å². The molecule has 0 aromatic heterocycles. The Labute approximate surface area is 104 Å². The molecule has 2 fully saturated rings. The molecular weight excluding hydrogens is 218 g/mol. The van der Waals surface area contributed by atoms with Crippen LogP contribution in [0.25, 0.3) is 0 Å². The highest BCUT2D eigenvalue weighted by Crippen LogP contribution is 2.33. The van der Waals surface area contributed by atoms with Crippen molar-refractivity contribution in [2.75, 3.05) is 13.2 Å². The molecule has 2 aliphatic rings. The summed E-state index contributed by atoms with van der Waals surface area (Å²) >= 11 is 0. The summed E-state index contributed by atoms with van der Waals surface area (Å²) in [5.41, 5.74) is 0. The number of ether oxygens (including phenoxy) is 2. The first kappa shape index (κ1) is 14.3. The number of carbonyl (C=O) groups is 1. The van der Waals surface area contributed by atoms with Gasteiger partial charge in [0.2, 0.25) is 0 Å². The molecule has 17 heavy (non-hydrogen) atoms. The third-order valence-corrected chi connectivity index (χ3v) is 2.91. The Balaban J connectivity index is 0.000000686. The summed E-state index contributed by atoms with van der Waals surface area (Å²) in [5.74, 6) is 0.829. The van der Waals surface area contributed by atoms with E-state index in [0.29, 0.717) is 13.2 Å². The molecule has 0 spiro atoms. The standard InChI is InChI=1S/C11H19NO3.C2H6/c1-8(6-9-2-3-9)12-11(13)15-10-4-5-14-7-10;1-2/h8-10H,2-7H2,1H3,(H,12,13);1-2H3. The zero-order valence-corrected chi connectivity index (χ0v) is 11.2. The zero-order chi connectivity index (χ0) is 12.7. The summed E-state index contributed by atoms with van der Waals surface area (Å²) in [6.07, 6.45) is 4.20. The fourth-order valence-corrected chi connectivity index (χ4v) is 1.90. The maximum absolute atomic E-state index is 11.4. The van der Waals surface area contributed by atoms with Crippen LogP contribution in [0.1, 0.15) is 46.5 Å². The van der Waals surface area contributed by atoms with Gasteiger partial charge in [-0.25, -0.2) is 4.79 Å². The minimum absolute atomic E-state index is 0.0434. The molecule has 0 aromatic carbocycles. The van der Waals surface area contributed by atoms with Crippen molar-refractivity contribution in [3.8, 4) is 0 Å². The van der Waals surface area contributed by atoms with Crippen molar-refractivity contribution in [2.45, 2.75) is 58.6 Å². The van der Waals surface area contributed by atoms with Crippen LogP contribution >= 0.6 is 0 Å². The van der Waals surface area contributed by atoms with E-state index in [9.17, 15) is 4.79 Å². The number of rotatable bonds is 4. The second-order valence-corrected chi connectivity index (χ2v) is 4.62. The molecule has 2 atom stereocenters. The fourth-order valence-electron chi connectivity index (χ4n) is 1.90. The SMILES string of the molecule is CC.CC(CC1CC1)NC(=O)OC1CCOC1. The molecule has 1 saturated heterocycles. The first-order valence-corrected chi connectivity index (χ1v) is 6.79. The van der Waals surface area contributed by atoms with Crippen LogP contribution in [0.15, 0.2) is 0 Å². The quantitative estimate of drug-likeness (QED) is 0.826. The molecule has 1 amide bonds. The van der Waals surface area contributed by atoms with Gasteiger partial charge in [0, 0.05) is 12.5 Å². The van der Waals surface area contributed by atoms with Gasteiger partial charge in [0.15, 0.2) is 0 Å². The first-order valence-electron chi connectivity index (χ1n) is 6.79. The van der Waals surface area contributed by atoms with Gasteiger partial charge in [0.25, 0.3) is 0 Å². The molecule has 1 N–H and O–H groups in total. The molecule has 1 aliphatic carbocycles. The van der Waals surface area contributed by atoms with Crippen molar-refractivity contribution in [2.24, 2.45) is 5.92 Å². The molecule has 4 nitrogen and oxygen atoms in total. The first-order chi connectivity index (χ1) is 8.24. The Morgan fingerprint density at radius 2 is 2.12 bits per heavy atom. The summed E-state index contributed by atoms with van der Waals surface area (Å²) in [4.78, 5) is 11.4. The molecule has 2 rings (SSSR count). The third kappa shape index (κ3) is 5.91. The van der Waals surface area contributed by atoms with Gasteiger partial charge >= 0.3 is 6.09 Å². The van der Waals surface area contributed by atoms with Crippen LogP contribution < -0.4 is 5.32 Å². The third-order valence-electron chi connectivity index (χ3n) is 2.91. The Morgan fingerprint density at radius 3 is 2.65 bits per heavy atom. The Hall–Kier alpha value is -0.770. The number of carbonyl (C=O) groups excluding carboxylic acids is 1. The topological polar surface area (TPSA) is 47.6 Å². The Bertz CT molecular complexity index is 223. The number of alkyl carbamates (subject to hydrolysis) is 1. The lowest BCUT2D eigenvalue weighted by Gasteiger charge is -2.15. The second-order valence-electron chi connectivity index (χ2n) is 4.62. The van der Waals surface area contributed by atoms with Gasteiger partial charge in [-0.15, -0.1) is 0 Å². The van der Waals surface area contributed by atoms with Crippen molar-refractivity contribution in [1.29, 1.82) is 0 Å². The van der Waals surface area contributed by atoms with Gasteiger partial charge in [0.1, 0.15) is 6.10 Å². The van der Waals surface area contributed by atoms with E-state index in [1.807, 2.05) is 20.8 Å². The molecule has 100 valence electrons. The summed E-state index contributed by atoms with van der Waals surface area (Å²) in [6, 6.07) is 0.229. The fraction of sp³-hybridized carbons (Fsp3) is 0.923. The average molecular weight is 243 g/mol. The minimum Gasteiger partial charge on any atom is -0.444 e. The van der Waals surface area contributed by atoms with E-state index in [4.69, 9.17) is 9.47 Å². The Kier molecular flexibility index (Phi) is 6.34. The van der Waals surface area contributed by atoms with Crippen molar-refractivity contribution in [1.82, 2.24) is 5.32 Å². The van der Waals surface area contributed by atoms with Gasteiger partial charge in [-0.1, -0.05) is 26.7 Å². The van der Waals surface area contributed by atoms with Gasteiger partial charge in [-0.05, 0) is 19.3 Å². The van der Waals surface area contributed by atoms with Crippen LogP contribution in [0, 0.1) is 5.92 Å². The predicted molar refractivity (Wildman–Crippen MR) is 67.0 cm³/mol. The van der Waals surface area contributed by atoms with Gasteiger partial charge in [-0.3, -0.25) is 0 Å². The molecule has 2 unspecified atom stereocenters. The molecule has 0 aromatic rings. The van der Waals surface area contributed by atoms with Crippen LogP contribution in [0.5, 0.6) is 0 Å². The lowest BCUT2D eigenvalue weighted by atomic mass is 10.2. The van der Waals surface area contributed by atoms with E-state index >= 15 is 0 Å². The van der Waals surface area contributed by atoms with E-state index in [0.717, 1.165) is 18.8 Å². The summed E-state index contributed by atoms with van der Waals surface area (Å²) < 4.78 is 10.3. The molecular formula is C13H25NO3. The highest BCUT2D eigenvalue weighted by Gasteiger charge is 2.25. The lowest BCUT2D eigenvalue weighted by Crippen LogP contribution is -2.35. The lowest BCUT2D eigenvalue weighted by molar-refractivity contribution is 0.0809. The minimum atomic E-state index is -0.293. The highest BCUT2D eigenvalue weighted by atomic mass is 16.6. The van der Waals surface area contributed by atoms with Crippen LogP contribution in [-0.4, -0.2) is 31.5 Å². The van der Waals surface area contributed by atoms with Gasteiger partial charge < -0.3 is 14.8 Å². The van der Waals surface area contributed by atoms with Crippen molar-refractivity contribution >= 4 is 6.09 Å². The number of amides is 1. The van der Waals surface area contributed by atoms with Crippen LogP contribution in [0.4, 0.5) is 4.79 Å². The molecule has 1 heterocycles.